The van der Waals surface area contributed by atoms with Crippen molar-refractivity contribution in [2.75, 3.05) is 0 Å². The summed E-state index contributed by atoms with van der Waals surface area (Å²) in [7, 11) is 1.77. The molecule has 19 heavy (non-hydrogen) atoms. The number of nitrogens with zero attached hydrogens (tertiary/aromatic N) is 4. The van der Waals surface area contributed by atoms with Crippen molar-refractivity contribution in [3.05, 3.63) is 0 Å². The van der Waals surface area contributed by atoms with Crippen molar-refractivity contribution in [1.82, 2.24) is 25.5 Å². The average Bonchev–Trinajstić information content (AvgIpc) is 2.78. The lowest BCUT2D eigenvalue weighted by Gasteiger charge is -2.27. The van der Waals surface area contributed by atoms with Crippen LogP contribution >= 0.6 is 11.8 Å². The first-order valence-electron chi connectivity index (χ1n) is 6.75. The molecule has 0 aliphatic heterocycles. The topological polar surface area (TPSA) is 72.7 Å². The van der Waals surface area contributed by atoms with Crippen LogP contribution in [-0.2, 0) is 11.8 Å². The first-order chi connectivity index (χ1) is 9.06. The molecule has 1 aliphatic rings. The van der Waals surface area contributed by atoms with Gasteiger partial charge in [0, 0.05) is 13.1 Å². The number of nitrogens with one attached hydrogen (secondary N) is 1. The number of hydrogen-bond acceptors (Lipinski definition) is 5. The fraction of sp³-hybridized carbons (Fsp3) is 0.833. The van der Waals surface area contributed by atoms with E-state index in [-0.39, 0.29) is 11.2 Å². The lowest BCUT2D eigenvalue weighted by Crippen LogP contribution is -2.41. The van der Waals surface area contributed by atoms with Gasteiger partial charge in [-0.15, -0.1) is 5.10 Å². The van der Waals surface area contributed by atoms with Gasteiger partial charge in [-0.1, -0.05) is 18.7 Å². The molecule has 1 saturated carbocycles. The molecule has 1 aliphatic carbocycles. The van der Waals surface area contributed by atoms with Crippen LogP contribution in [0.1, 0.15) is 39.5 Å². The van der Waals surface area contributed by atoms with Crippen molar-refractivity contribution < 1.29 is 4.79 Å². The normalized spacial score (nSPS) is 25.0. The van der Waals surface area contributed by atoms with Gasteiger partial charge in [0.25, 0.3) is 0 Å². The average molecular weight is 283 g/mol. The minimum atomic E-state index is -0.177. The molecule has 106 valence electrons. The molecule has 1 fully saturated rings. The molecule has 1 unspecified atom stereocenters. The van der Waals surface area contributed by atoms with E-state index in [1.807, 2.05) is 6.92 Å². The summed E-state index contributed by atoms with van der Waals surface area (Å²) in [6.45, 7) is 4.16. The summed E-state index contributed by atoms with van der Waals surface area (Å²) in [4.78, 5) is 12.1. The first-order valence-corrected chi connectivity index (χ1v) is 7.63. The SMILES string of the molecule is CC1CCC(NC(=O)C(C)Sc2nnnn2C)CC1. The third kappa shape index (κ3) is 3.92. The molecule has 7 heteroatoms. The maximum Gasteiger partial charge on any atom is 0.233 e. The van der Waals surface area contributed by atoms with E-state index in [1.165, 1.54) is 24.6 Å². The Morgan fingerprint density at radius 1 is 1.42 bits per heavy atom. The second-order valence-electron chi connectivity index (χ2n) is 5.31. The molecular formula is C12H21N5OS. The van der Waals surface area contributed by atoms with E-state index in [0.717, 1.165) is 18.8 Å². The molecule has 6 nitrogen and oxygen atoms in total. The van der Waals surface area contributed by atoms with E-state index in [1.54, 1.807) is 11.7 Å². The molecule has 0 spiro atoms. The van der Waals surface area contributed by atoms with E-state index in [2.05, 4.69) is 27.8 Å². The molecule has 1 aromatic heterocycles. The molecule has 1 atom stereocenters. The maximum absolute atomic E-state index is 12.1. The molecule has 0 saturated heterocycles. The zero-order valence-electron chi connectivity index (χ0n) is 11.7. The highest BCUT2D eigenvalue weighted by Gasteiger charge is 2.23. The molecule has 1 heterocycles. The number of hydrogen-bond donors (Lipinski definition) is 1. The molecule has 2 rings (SSSR count). The summed E-state index contributed by atoms with van der Waals surface area (Å²) in [6, 6.07) is 0.337. The number of tetrazole rings is 1. The molecule has 0 bridgehead atoms. The van der Waals surface area contributed by atoms with Gasteiger partial charge >= 0.3 is 0 Å². The Balaban J connectivity index is 1.81. The van der Waals surface area contributed by atoms with Crippen LogP contribution < -0.4 is 5.32 Å². The van der Waals surface area contributed by atoms with Gasteiger partial charge in [0.05, 0.1) is 5.25 Å². The standard InChI is InChI=1S/C12H21N5OS/c1-8-4-6-10(7-5-8)13-11(18)9(2)19-12-14-15-16-17(12)3/h8-10H,4-7H2,1-3H3,(H,13,18). The van der Waals surface area contributed by atoms with Gasteiger partial charge in [0.15, 0.2) is 0 Å². The van der Waals surface area contributed by atoms with Crippen molar-refractivity contribution in [3.63, 3.8) is 0 Å². The third-order valence-electron chi connectivity index (χ3n) is 3.59. The fourth-order valence-corrected chi connectivity index (χ4v) is 3.02. The van der Waals surface area contributed by atoms with E-state index >= 15 is 0 Å². The van der Waals surface area contributed by atoms with Crippen LogP contribution in [0.4, 0.5) is 0 Å². The second-order valence-corrected chi connectivity index (χ2v) is 6.62. The minimum Gasteiger partial charge on any atom is -0.352 e. The van der Waals surface area contributed by atoms with Crippen LogP contribution in [0, 0.1) is 5.92 Å². The largest absolute Gasteiger partial charge is 0.352 e. The van der Waals surface area contributed by atoms with Crippen LogP contribution in [-0.4, -0.2) is 37.4 Å². The number of amides is 1. The van der Waals surface area contributed by atoms with Gasteiger partial charge in [-0.3, -0.25) is 4.79 Å². The Kier molecular flexibility index (Phi) is 4.79. The number of carbonyl (C=O) groups is 1. The molecule has 0 radical (unpaired) electrons. The van der Waals surface area contributed by atoms with E-state index in [4.69, 9.17) is 0 Å². The van der Waals surface area contributed by atoms with Crippen LogP contribution in [0.5, 0.6) is 0 Å². The number of rotatable bonds is 4. The van der Waals surface area contributed by atoms with Gasteiger partial charge in [0.1, 0.15) is 0 Å². The zero-order valence-corrected chi connectivity index (χ0v) is 12.5. The highest BCUT2D eigenvalue weighted by atomic mass is 32.2. The number of aromatic nitrogens is 4. The summed E-state index contributed by atoms with van der Waals surface area (Å²) < 4.78 is 1.58. The molecule has 0 aromatic carbocycles. The minimum absolute atomic E-state index is 0.0764. The fourth-order valence-electron chi connectivity index (χ4n) is 2.26. The van der Waals surface area contributed by atoms with E-state index < -0.39 is 0 Å². The van der Waals surface area contributed by atoms with Crippen molar-refractivity contribution >= 4 is 17.7 Å². The molecule has 1 N–H and O–H groups in total. The monoisotopic (exact) mass is 283 g/mol. The molecule has 1 amide bonds. The van der Waals surface area contributed by atoms with Gasteiger partial charge in [-0.25, -0.2) is 4.68 Å². The Hall–Kier alpha value is -1.11. The zero-order chi connectivity index (χ0) is 13.8. The summed E-state index contributed by atoms with van der Waals surface area (Å²) in [6.07, 6.45) is 4.60. The van der Waals surface area contributed by atoms with Crippen LogP contribution in [0.15, 0.2) is 5.16 Å². The summed E-state index contributed by atoms with van der Waals surface area (Å²) in [5, 5.41) is 14.8. The van der Waals surface area contributed by atoms with Gasteiger partial charge in [0.2, 0.25) is 11.1 Å². The summed E-state index contributed by atoms with van der Waals surface area (Å²) in [5.74, 6) is 0.872. The lowest BCUT2D eigenvalue weighted by molar-refractivity contribution is -0.121. The highest BCUT2D eigenvalue weighted by molar-refractivity contribution is 8.00. The smallest absolute Gasteiger partial charge is 0.233 e. The van der Waals surface area contributed by atoms with Gasteiger partial charge in [-0.05, 0) is 49.0 Å². The number of thioether (sulfide) groups is 1. The van der Waals surface area contributed by atoms with Gasteiger partial charge in [-0.2, -0.15) is 0 Å². The Bertz CT molecular complexity index is 428. The second kappa shape index (κ2) is 6.36. The Labute approximate surface area is 117 Å². The van der Waals surface area contributed by atoms with E-state index in [0.29, 0.717) is 11.2 Å². The van der Waals surface area contributed by atoms with Crippen LogP contribution in [0.25, 0.3) is 0 Å². The summed E-state index contributed by atoms with van der Waals surface area (Å²) >= 11 is 1.39. The first kappa shape index (κ1) is 14.3. The maximum atomic E-state index is 12.1. The van der Waals surface area contributed by atoms with Gasteiger partial charge < -0.3 is 5.32 Å². The molecule has 1 aromatic rings. The summed E-state index contributed by atoms with van der Waals surface area (Å²) in [5.41, 5.74) is 0. The quantitative estimate of drug-likeness (QED) is 0.845. The third-order valence-corrected chi connectivity index (χ3v) is 4.72. The predicted molar refractivity (Wildman–Crippen MR) is 73.7 cm³/mol. The van der Waals surface area contributed by atoms with Crippen molar-refractivity contribution in [2.45, 2.75) is 56.0 Å². The van der Waals surface area contributed by atoms with Crippen LogP contribution in [0.3, 0.4) is 0 Å². The lowest BCUT2D eigenvalue weighted by atomic mass is 9.87. The van der Waals surface area contributed by atoms with Crippen molar-refractivity contribution in [3.8, 4) is 0 Å². The number of aryl methyl sites for hydroxylation is 1. The predicted octanol–water partition coefficient (Wildman–Crippen LogP) is 1.39. The Morgan fingerprint density at radius 2 is 2.11 bits per heavy atom. The van der Waals surface area contributed by atoms with Crippen molar-refractivity contribution in [1.29, 1.82) is 0 Å². The van der Waals surface area contributed by atoms with E-state index in [9.17, 15) is 4.79 Å². The highest BCUT2D eigenvalue weighted by Crippen LogP contribution is 2.24. The number of carbonyl (C=O) groups excluding carboxylic acids is 1. The molecular weight excluding hydrogens is 262 g/mol. The van der Waals surface area contributed by atoms with Crippen LogP contribution in [0.2, 0.25) is 0 Å². The van der Waals surface area contributed by atoms with Crippen molar-refractivity contribution in [2.24, 2.45) is 13.0 Å². The Morgan fingerprint density at radius 3 is 2.68 bits per heavy atom.